The van der Waals surface area contributed by atoms with E-state index in [1.165, 1.54) is 11.3 Å². The molecule has 3 N–H and O–H groups in total. The highest BCUT2D eigenvalue weighted by molar-refractivity contribution is 7.15. The molecule has 0 aliphatic rings. The van der Waals surface area contributed by atoms with Crippen molar-refractivity contribution in [3.63, 3.8) is 0 Å². The van der Waals surface area contributed by atoms with Crippen LogP contribution in [0.5, 0.6) is 0 Å². The van der Waals surface area contributed by atoms with Gasteiger partial charge in [0.1, 0.15) is 0 Å². The minimum Gasteiger partial charge on any atom is -0.394 e. The Labute approximate surface area is 73.8 Å². The quantitative estimate of drug-likeness (QED) is 0.734. The lowest BCUT2D eigenvalue weighted by Crippen LogP contribution is -2.35. The van der Waals surface area contributed by atoms with E-state index in [1.54, 1.807) is 13.1 Å². The van der Waals surface area contributed by atoms with E-state index in [4.69, 9.17) is 22.4 Å². The number of rotatable bonds is 2. The van der Waals surface area contributed by atoms with Crippen LogP contribution in [0.1, 0.15) is 11.8 Å². The molecule has 1 rings (SSSR count). The van der Waals surface area contributed by atoms with Crippen molar-refractivity contribution < 1.29 is 5.11 Å². The van der Waals surface area contributed by atoms with Gasteiger partial charge in [0.2, 0.25) is 0 Å². The van der Waals surface area contributed by atoms with Crippen LogP contribution >= 0.6 is 22.9 Å². The van der Waals surface area contributed by atoms with Gasteiger partial charge in [-0.2, -0.15) is 0 Å². The average molecular weight is 193 g/mol. The third-order valence-corrected chi connectivity index (χ3v) is 2.76. The van der Waals surface area contributed by atoms with Crippen molar-refractivity contribution in [2.75, 3.05) is 6.61 Å². The van der Waals surface area contributed by atoms with Gasteiger partial charge in [0.05, 0.1) is 12.1 Å². The number of aliphatic hydroxyl groups is 1. The van der Waals surface area contributed by atoms with Crippen LogP contribution in [0.25, 0.3) is 0 Å². The maximum Gasteiger partial charge on any atom is 0.183 e. The summed E-state index contributed by atoms with van der Waals surface area (Å²) in [7, 11) is 0. The molecule has 0 bridgehead atoms. The van der Waals surface area contributed by atoms with E-state index in [1.807, 2.05) is 0 Å². The summed E-state index contributed by atoms with van der Waals surface area (Å²) in [5, 5.41) is 8.87. The lowest BCUT2D eigenvalue weighted by atomic mass is 10.1. The number of nitrogens with two attached hydrogens (primary N) is 1. The van der Waals surface area contributed by atoms with Crippen molar-refractivity contribution >= 4 is 22.9 Å². The Morgan fingerprint density at radius 1 is 1.91 bits per heavy atom. The number of aliphatic hydroxyl groups excluding tert-OH is 1. The molecule has 0 aliphatic heterocycles. The van der Waals surface area contributed by atoms with E-state index >= 15 is 0 Å². The molecule has 0 spiro atoms. The molecule has 62 valence electrons. The van der Waals surface area contributed by atoms with Crippen LogP contribution in [0.4, 0.5) is 0 Å². The average Bonchev–Trinajstić information content (AvgIpc) is 2.36. The highest BCUT2D eigenvalue weighted by atomic mass is 35.5. The number of hydrogen-bond donors (Lipinski definition) is 2. The molecule has 0 radical (unpaired) electrons. The van der Waals surface area contributed by atoms with E-state index in [0.29, 0.717) is 4.47 Å². The second-order valence-corrected chi connectivity index (χ2v) is 4.17. The fraction of sp³-hybridized carbons (Fsp3) is 0.500. The van der Waals surface area contributed by atoms with Gasteiger partial charge in [-0.25, -0.2) is 4.98 Å². The molecule has 5 heteroatoms. The maximum atomic E-state index is 8.87. The molecule has 0 aliphatic carbocycles. The molecule has 0 amide bonds. The molecule has 0 saturated carbocycles. The molecule has 0 fully saturated rings. The first-order chi connectivity index (χ1) is 5.06. The van der Waals surface area contributed by atoms with E-state index in [2.05, 4.69) is 4.98 Å². The molecule has 0 saturated heterocycles. The van der Waals surface area contributed by atoms with Crippen LogP contribution < -0.4 is 5.73 Å². The second kappa shape index (κ2) is 3.06. The summed E-state index contributed by atoms with van der Waals surface area (Å²) in [5.74, 6) is 0. The Balaban J connectivity index is 2.92. The van der Waals surface area contributed by atoms with Gasteiger partial charge in [0.15, 0.2) is 4.47 Å². The molecular formula is C6H9ClN2OS. The first-order valence-corrected chi connectivity index (χ1v) is 4.27. The highest BCUT2D eigenvalue weighted by Gasteiger charge is 2.22. The van der Waals surface area contributed by atoms with Gasteiger partial charge in [-0.1, -0.05) is 11.6 Å². The van der Waals surface area contributed by atoms with Crippen LogP contribution in [0, 0.1) is 0 Å². The number of thiazole rings is 1. The van der Waals surface area contributed by atoms with Crippen molar-refractivity contribution in [2.45, 2.75) is 12.5 Å². The molecule has 1 heterocycles. The van der Waals surface area contributed by atoms with Crippen molar-refractivity contribution in [2.24, 2.45) is 5.73 Å². The Kier molecular flexibility index (Phi) is 2.49. The fourth-order valence-electron chi connectivity index (χ4n) is 0.595. The topological polar surface area (TPSA) is 59.1 Å². The highest BCUT2D eigenvalue weighted by Crippen LogP contribution is 2.26. The predicted molar refractivity (Wildman–Crippen MR) is 45.7 cm³/mol. The first kappa shape index (κ1) is 8.93. The minimum atomic E-state index is -0.717. The van der Waals surface area contributed by atoms with Gasteiger partial charge in [-0.15, -0.1) is 11.3 Å². The largest absolute Gasteiger partial charge is 0.394 e. The zero-order chi connectivity index (χ0) is 8.48. The Morgan fingerprint density at radius 2 is 2.55 bits per heavy atom. The number of halogens is 1. The Bertz CT molecular complexity index is 248. The normalized spacial score (nSPS) is 16.4. The van der Waals surface area contributed by atoms with E-state index in [9.17, 15) is 0 Å². The Morgan fingerprint density at radius 3 is 2.91 bits per heavy atom. The van der Waals surface area contributed by atoms with Gasteiger partial charge in [-0.05, 0) is 6.92 Å². The second-order valence-electron chi connectivity index (χ2n) is 2.55. The summed E-state index contributed by atoms with van der Waals surface area (Å²) in [6.07, 6.45) is 1.59. The molecule has 1 aromatic rings. The van der Waals surface area contributed by atoms with Gasteiger partial charge in [0.25, 0.3) is 0 Å². The van der Waals surface area contributed by atoms with Crippen molar-refractivity contribution in [3.05, 3.63) is 15.5 Å². The number of hydrogen-bond acceptors (Lipinski definition) is 4. The SMILES string of the molecule is CC(N)(CO)c1cnc(Cl)s1. The molecular weight excluding hydrogens is 184 g/mol. The van der Waals surface area contributed by atoms with Crippen LogP contribution in [0.15, 0.2) is 6.20 Å². The number of nitrogens with zero attached hydrogens (tertiary/aromatic N) is 1. The summed E-state index contributed by atoms with van der Waals surface area (Å²) in [6.45, 7) is 1.63. The molecule has 11 heavy (non-hydrogen) atoms. The minimum absolute atomic E-state index is 0.106. The third-order valence-electron chi connectivity index (χ3n) is 1.37. The Hall–Kier alpha value is -0.160. The summed E-state index contributed by atoms with van der Waals surface area (Å²) < 4.78 is 0.449. The van der Waals surface area contributed by atoms with Crippen LogP contribution in [0.2, 0.25) is 4.47 Å². The molecule has 0 aromatic carbocycles. The summed E-state index contributed by atoms with van der Waals surface area (Å²) in [5.41, 5.74) is 4.99. The molecule has 1 unspecified atom stereocenters. The molecule has 1 aromatic heterocycles. The van der Waals surface area contributed by atoms with Gasteiger partial charge in [0, 0.05) is 11.1 Å². The van der Waals surface area contributed by atoms with Crippen LogP contribution in [0.3, 0.4) is 0 Å². The standard InChI is InChI=1S/C6H9ClN2OS/c1-6(8,3-10)4-2-9-5(7)11-4/h2,10H,3,8H2,1H3. The number of aromatic nitrogens is 1. The lowest BCUT2D eigenvalue weighted by Gasteiger charge is -2.18. The molecule has 3 nitrogen and oxygen atoms in total. The third kappa shape index (κ3) is 1.90. The van der Waals surface area contributed by atoms with Gasteiger partial charge < -0.3 is 10.8 Å². The monoisotopic (exact) mass is 192 g/mol. The van der Waals surface area contributed by atoms with Crippen molar-refractivity contribution in [1.82, 2.24) is 4.98 Å². The van der Waals surface area contributed by atoms with E-state index in [0.717, 1.165) is 4.88 Å². The smallest absolute Gasteiger partial charge is 0.183 e. The van der Waals surface area contributed by atoms with E-state index < -0.39 is 5.54 Å². The zero-order valence-electron chi connectivity index (χ0n) is 6.04. The first-order valence-electron chi connectivity index (χ1n) is 3.08. The summed E-state index contributed by atoms with van der Waals surface area (Å²) in [6, 6.07) is 0. The van der Waals surface area contributed by atoms with Gasteiger partial charge >= 0.3 is 0 Å². The fourth-order valence-corrected chi connectivity index (χ4v) is 1.58. The summed E-state index contributed by atoms with van der Waals surface area (Å²) in [4.78, 5) is 4.62. The van der Waals surface area contributed by atoms with Crippen LogP contribution in [-0.4, -0.2) is 16.7 Å². The predicted octanol–water partition coefficient (Wildman–Crippen LogP) is 0.963. The van der Waals surface area contributed by atoms with Crippen molar-refractivity contribution in [1.29, 1.82) is 0 Å². The van der Waals surface area contributed by atoms with E-state index in [-0.39, 0.29) is 6.61 Å². The van der Waals surface area contributed by atoms with Crippen molar-refractivity contribution in [3.8, 4) is 0 Å². The summed E-state index contributed by atoms with van der Waals surface area (Å²) >= 11 is 6.88. The lowest BCUT2D eigenvalue weighted by molar-refractivity contribution is 0.212. The zero-order valence-corrected chi connectivity index (χ0v) is 7.61. The van der Waals surface area contributed by atoms with Gasteiger partial charge in [-0.3, -0.25) is 0 Å². The maximum absolute atomic E-state index is 8.87. The van der Waals surface area contributed by atoms with Crippen LogP contribution in [-0.2, 0) is 5.54 Å². The molecule has 1 atom stereocenters.